The molecule has 0 saturated carbocycles. The predicted molar refractivity (Wildman–Crippen MR) is 97.6 cm³/mol. The van der Waals surface area contributed by atoms with Gasteiger partial charge in [0.15, 0.2) is 0 Å². The number of fused-ring (bicyclic) bond motifs is 1. The molecule has 5 heteroatoms. The molecule has 1 aromatic carbocycles. The van der Waals surface area contributed by atoms with Gasteiger partial charge in [-0.15, -0.1) is 0 Å². The molecule has 1 aromatic heterocycles. The van der Waals surface area contributed by atoms with Crippen molar-refractivity contribution in [3.05, 3.63) is 53.6 Å². The van der Waals surface area contributed by atoms with Gasteiger partial charge in [-0.1, -0.05) is 45.0 Å². The fourth-order valence-electron chi connectivity index (χ4n) is 4.05. The number of aromatic nitrogens is 2. The van der Waals surface area contributed by atoms with Crippen LogP contribution < -0.4 is 5.32 Å². The lowest BCUT2D eigenvalue weighted by Gasteiger charge is -2.45. The highest BCUT2D eigenvalue weighted by Gasteiger charge is 2.42. The van der Waals surface area contributed by atoms with E-state index in [-0.39, 0.29) is 17.4 Å². The van der Waals surface area contributed by atoms with E-state index in [4.69, 9.17) is 4.74 Å². The van der Waals surface area contributed by atoms with E-state index < -0.39 is 0 Å². The van der Waals surface area contributed by atoms with Crippen molar-refractivity contribution in [2.75, 3.05) is 13.7 Å². The molecule has 2 atom stereocenters. The average Bonchev–Trinajstić information content (AvgIpc) is 3.07. The second-order valence-corrected chi connectivity index (χ2v) is 7.41. The van der Waals surface area contributed by atoms with E-state index in [0.29, 0.717) is 11.7 Å². The quantitative estimate of drug-likeness (QED) is 0.842. The fourth-order valence-corrected chi connectivity index (χ4v) is 4.05. The molecule has 0 saturated heterocycles. The number of ether oxygens (including phenoxy) is 1. The lowest BCUT2D eigenvalue weighted by Crippen LogP contribution is -2.40. The van der Waals surface area contributed by atoms with E-state index in [1.807, 2.05) is 4.57 Å². The average molecular weight is 341 g/mol. The first-order chi connectivity index (χ1) is 12.0. The van der Waals surface area contributed by atoms with Crippen LogP contribution in [0.4, 0.5) is 0 Å². The standard InChI is InChI=1S/C20H27N3O2/c1-5-10-22-16-11-20(2,3)18(15-9-7-6-8-14(15)16)23-13-21-12-17(23)19(24)25-4/h6-9,12-13,16,18,22H,5,10-11H2,1-4H3/t16-,18+/m0/s1. The summed E-state index contributed by atoms with van der Waals surface area (Å²) < 4.78 is 6.92. The monoisotopic (exact) mass is 341 g/mol. The largest absolute Gasteiger partial charge is 0.464 e. The zero-order valence-electron chi connectivity index (χ0n) is 15.5. The van der Waals surface area contributed by atoms with E-state index in [2.05, 4.69) is 55.3 Å². The van der Waals surface area contributed by atoms with Crippen LogP contribution in [0.2, 0.25) is 0 Å². The summed E-state index contributed by atoms with van der Waals surface area (Å²) >= 11 is 0. The van der Waals surface area contributed by atoms with E-state index >= 15 is 0 Å². The SMILES string of the molecule is CCCN[C@H]1CC(C)(C)[C@H](n2cncc2C(=O)OC)c2ccccc21. The summed E-state index contributed by atoms with van der Waals surface area (Å²) in [6.07, 6.45) is 5.44. The summed E-state index contributed by atoms with van der Waals surface area (Å²) in [6.45, 7) is 7.70. The number of esters is 1. The van der Waals surface area contributed by atoms with Gasteiger partial charge >= 0.3 is 5.97 Å². The molecule has 3 rings (SSSR count). The van der Waals surface area contributed by atoms with Crippen molar-refractivity contribution < 1.29 is 9.53 Å². The summed E-state index contributed by atoms with van der Waals surface area (Å²) in [5.41, 5.74) is 3.01. The lowest BCUT2D eigenvalue weighted by molar-refractivity contribution is 0.0579. The van der Waals surface area contributed by atoms with Crippen molar-refractivity contribution in [2.24, 2.45) is 5.41 Å². The van der Waals surface area contributed by atoms with Crippen LogP contribution in [0.3, 0.4) is 0 Å². The van der Waals surface area contributed by atoms with Gasteiger partial charge in [0, 0.05) is 6.04 Å². The Labute approximate surface area is 149 Å². The molecule has 134 valence electrons. The highest BCUT2D eigenvalue weighted by molar-refractivity contribution is 5.87. The third kappa shape index (κ3) is 3.21. The van der Waals surface area contributed by atoms with Crippen LogP contribution in [-0.4, -0.2) is 29.2 Å². The number of nitrogens with zero attached hydrogens (tertiary/aromatic N) is 2. The Morgan fingerprint density at radius 3 is 2.76 bits per heavy atom. The van der Waals surface area contributed by atoms with E-state index in [0.717, 1.165) is 19.4 Å². The number of rotatable bonds is 5. The minimum Gasteiger partial charge on any atom is -0.464 e. The molecule has 0 fully saturated rings. The molecule has 5 nitrogen and oxygen atoms in total. The minimum atomic E-state index is -0.350. The normalized spacial score (nSPS) is 21.6. The van der Waals surface area contributed by atoms with Gasteiger partial charge in [-0.2, -0.15) is 0 Å². The number of carbonyl (C=O) groups excluding carboxylic acids is 1. The number of benzene rings is 1. The molecule has 25 heavy (non-hydrogen) atoms. The van der Waals surface area contributed by atoms with Crippen molar-refractivity contribution in [3.8, 4) is 0 Å². The number of hydrogen-bond donors (Lipinski definition) is 1. The van der Waals surface area contributed by atoms with Gasteiger partial charge < -0.3 is 14.6 Å². The Morgan fingerprint density at radius 2 is 2.08 bits per heavy atom. The second-order valence-electron chi connectivity index (χ2n) is 7.41. The number of nitrogens with one attached hydrogen (secondary N) is 1. The van der Waals surface area contributed by atoms with Crippen LogP contribution in [0.15, 0.2) is 36.8 Å². The molecule has 0 aliphatic heterocycles. The summed E-state index contributed by atoms with van der Waals surface area (Å²) in [6, 6.07) is 8.89. The van der Waals surface area contributed by atoms with Crippen LogP contribution in [-0.2, 0) is 4.74 Å². The zero-order valence-corrected chi connectivity index (χ0v) is 15.5. The van der Waals surface area contributed by atoms with Crippen LogP contribution >= 0.6 is 0 Å². The van der Waals surface area contributed by atoms with Gasteiger partial charge in [0.05, 0.1) is 25.7 Å². The van der Waals surface area contributed by atoms with Gasteiger partial charge in [-0.3, -0.25) is 0 Å². The first kappa shape index (κ1) is 17.7. The van der Waals surface area contributed by atoms with Crippen LogP contribution in [0.1, 0.15) is 67.3 Å². The summed E-state index contributed by atoms with van der Waals surface area (Å²) in [5.74, 6) is -0.350. The Hall–Kier alpha value is -2.14. The van der Waals surface area contributed by atoms with Crippen molar-refractivity contribution in [2.45, 2.75) is 45.7 Å². The smallest absolute Gasteiger partial charge is 0.356 e. The van der Waals surface area contributed by atoms with Crippen molar-refractivity contribution in [3.63, 3.8) is 0 Å². The molecule has 1 aliphatic rings. The maximum Gasteiger partial charge on any atom is 0.356 e. The van der Waals surface area contributed by atoms with Gasteiger partial charge in [-0.05, 0) is 35.9 Å². The Morgan fingerprint density at radius 1 is 1.36 bits per heavy atom. The number of carbonyl (C=O) groups is 1. The van der Waals surface area contributed by atoms with Gasteiger partial charge in [0.2, 0.25) is 0 Å². The van der Waals surface area contributed by atoms with Crippen molar-refractivity contribution in [1.82, 2.24) is 14.9 Å². The van der Waals surface area contributed by atoms with Crippen molar-refractivity contribution >= 4 is 5.97 Å². The predicted octanol–water partition coefficient (Wildman–Crippen LogP) is 3.73. The lowest BCUT2D eigenvalue weighted by atomic mass is 9.68. The molecular formula is C20H27N3O2. The highest BCUT2D eigenvalue weighted by Crippen LogP contribution is 2.50. The fraction of sp³-hybridized carbons (Fsp3) is 0.500. The zero-order chi connectivity index (χ0) is 18.0. The Bertz CT molecular complexity index is 751. The molecule has 2 aromatic rings. The third-order valence-electron chi connectivity index (χ3n) is 5.12. The summed E-state index contributed by atoms with van der Waals surface area (Å²) in [4.78, 5) is 16.4. The molecular weight excluding hydrogens is 314 g/mol. The first-order valence-corrected chi connectivity index (χ1v) is 8.92. The van der Waals surface area contributed by atoms with Crippen LogP contribution in [0, 0.1) is 5.41 Å². The summed E-state index contributed by atoms with van der Waals surface area (Å²) in [5, 5.41) is 3.68. The Balaban J connectivity index is 2.10. The van der Waals surface area contributed by atoms with Gasteiger partial charge in [0.1, 0.15) is 5.69 Å². The number of methoxy groups -OCH3 is 1. The topological polar surface area (TPSA) is 56.2 Å². The summed E-state index contributed by atoms with van der Waals surface area (Å²) in [7, 11) is 1.41. The van der Waals surface area contributed by atoms with E-state index in [1.165, 1.54) is 18.2 Å². The molecule has 1 heterocycles. The maximum absolute atomic E-state index is 12.2. The maximum atomic E-state index is 12.2. The van der Waals surface area contributed by atoms with Gasteiger partial charge in [-0.25, -0.2) is 9.78 Å². The number of hydrogen-bond acceptors (Lipinski definition) is 4. The van der Waals surface area contributed by atoms with E-state index in [1.54, 1.807) is 12.5 Å². The minimum absolute atomic E-state index is 0.0385. The number of imidazole rings is 1. The molecule has 0 radical (unpaired) electrons. The first-order valence-electron chi connectivity index (χ1n) is 8.92. The van der Waals surface area contributed by atoms with Crippen LogP contribution in [0.5, 0.6) is 0 Å². The molecule has 0 spiro atoms. The third-order valence-corrected chi connectivity index (χ3v) is 5.12. The van der Waals surface area contributed by atoms with Gasteiger partial charge in [0.25, 0.3) is 0 Å². The van der Waals surface area contributed by atoms with E-state index in [9.17, 15) is 4.79 Å². The highest BCUT2D eigenvalue weighted by atomic mass is 16.5. The molecule has 0 bridgehead atoms. The molecule has 1 aliphatic carbocycles. The van der Waals surface area contributed by atoms with Crippen molar-refractivity contribution in [1.29, 1.82) is 0 Å². The molecule has 1 N–H and O–H groups in total. The Kier molecular flexibility index (Phi) is 4.95. The molecule has 0 unspecified atom stereocenters. The second kappa shape index (κ2) is 7.00. The van der Waals surface area contributed by atoms with Crippen LogP contribution in [0.25, 0.3) is 0 Å². The molecule has 0 amide bonds.